The third-order valence-electron chi connectivity index (χ3n) is 3.75. The average molecular weight is 350 g/mol. The van der Waals surface area contributed by atoms with Crippen LogP contribution in [0.15, 0.2) is 88.9 Å². The van der Waals surface area contributed by atoms with E-state index in [2.05, 4.69) is 9.93 Å². The second-order valence-corrected chi connectivity index (χ2v) is 7.28. The molecular weight excluding hydrogens is 332 g/mol. The predicted octanol–water partition coefficient (Wildman–Crippen LogP) is 3.97. The molecule has 0 aliphatic rings. The first-order chi connectivity index (χ1) is 12.1. The van der Waals surface area contributed by atoms with Crippen molar-refractivity contribution in [1.29, 1.82) is 0 Å². The second kappa shape index (κ2) is 7.32. The number of benzene rings is 3. The summed E-state index contributed by atoms with van der Waals surface area (Å²) in [6.07, 6.45) is 1.52. The Labute approximate surface area is 147 Å². The minimum atomic E-state index is -3.67. The van der Waals surface area contributed by atoms with Crippen molar-refractivity contribution in [1.82, 2.24) is 4.83 Å². The van der Waals surface area contributed by atoms with Crippen molar-refractivity contribution in [2.24, 2.45) is 5.10 Å². The molecule has 4 nitrogen and oxygen atoms in total. The normalized spacial score (nSPS) is 11.6. The zero-order chi connectivity index (χ0) is 17.7. The summed E-state index contributed by atoms with van der Waals surface area (Å²) in [6.45, 7) is 1.91. The first kappa shape index (κ1) is 16.9. The maximum absolute atomic E-state index is 12.3. The SMILES string of the molecule is Cc1ccc(S(=O)(=O)N/N=C\c2ccccc2-c2ccccc2)cc1. The Morgan fingerprint density at radius 1 is 0.840 bits per heavy atom. The monoisotopic (exact) mass is 350 g/mol. The molecule has 0 aromatic heterocycles. The van der Waals surface area contributed by atoms with Crippen molar-refractivity contribution >= 4 is 16.2 Å². The summed E-state index contributed by atoms with van der Waals surface area (Å²) in [5, 5.41) is 3.94. The molecule has 0 spiro atoms. The van der Waals surface area contributed by atoms with Gasteiger partial charge in [0.1, 0.15) is 0 Å². The summed E-state index contributed by atoms with van der Waals surface area (Å²) in [7, 11) is -3.67. The molecule has 0 bridgehead atoms. The highest BCUT2D eigenvalue weighted by atomic mass is 32.2. The Morgan fingerprint density at radius 2 is 1.48 bits per heavy atom. The van der Waals surface area contributed by atoms with Gasteiger partial charge in [-0.25, -0.2) is 4.83 Å². The van der Waals surface area contributed by atoms with Gasteiger partial charge in [-0.05, 0) is 30.2 Å². The quantitative estimate of drug-likeness (QED) is 0.559. The molecular formula is C20H18N2O2S. The number of hydrogen-bond donors (Lipinski definition) is 1. The Bertz CT molecular complexity index is 980. The van der Waals surface area contributed by atoms with E-state index in [1.807, 2.05) is 61.5 Å². The molecule has 3 aromatic rings. The fourth-order valence-electron chi connectivity index (χ4n) is 2.43. The largest absolute Gasteiger partial charge is 0.276 e. The van der Waals surface area contributed by atoms with Gasteiger partial charge in [0, 0.05) is 5.56 Å². The molecule has 0 fully saturated rings. The molecule has 5 heteroatoms. The van der Waals surface area contributed by atoms with Gasteiger partial charge in [0.15, 0.2) is 0 Å². The van der Waals surface area contributed by atoms with E-state index < -0.39 is 10.0 Å². The molecule has 0 aliphatic carbocycles. The minimum Gasteiger partial charge on any atom is -0.200 e. The van der Waals surface area contributed by atoms with Crippen LogP contribution in [-0.4, -0.2) is 14.6 Å². The van der Waals surface area contributed by atoms with Crippen LogP contribution in [0.2, 0.25) is 0 Å². The molecule has 0 amide bonds. The predicted molar refractivity (Wildman–Crippen MR) is 101 cm³/mol. The molecule has 126 valence electrons. The van der Waals surface area contributed by atoms with E-state index in [0.29, 0.717) is 0 Å². The maximum atomic E-state index is 12.3. The molecule has 1 N–H and O–H groups in total. The van der Waals surface area contributed by atoms with Crippen LogP contribution in [-0.2, 0) is 10.0 Å². The molecule has 0 unspecified atom stereocenters. The Morgan fingerprint density at radius 3 is 2.20 bits per heavy atom. The van der Waals surface area contributed by atoms with E-state index in [0.717, 1.165) is 22.3 Å². The van der Waals surface area contributed by atoms with E-state index in [9.17, 15) is 8.42 Å². The number of nitrogens with one attached hydrogen (secondary N) is 1. The Kier molecular flexibility index (Phi) is 4.95. The van der Waals surface area contributed by atoms with Crippen LogP contribution >= 0.6 is 0 Å². The van der Waals surface area contributed by atoms with Gasteiger partial charge in [-0.15, -0.1) is 0 Å². The van der Waals surface area contributed by atoms with Gasteiger partial charge in [0.05, 0.1) is 11.1 Å². The summed E-state index contributed by atoms with van der Waals surface area (Å²) in [4.78, 5) is 2.45. The Balaban J connectivity index is 1.83. The summed E-state index contributed by atoms with van der Waals surface area (Å²) < 4.78 is 24.5. The first-order valence-corrected chi connectivity index (χ1v) is 9.30. The summed E-state index contributed by atoms with van der Waals surface area (Å²) in [5.74, 6) is 0. The Hall–Kier alpha value is -2.92. The van der Waals surface area contributed by atoms with Crippen LogP contribution in [0.4, 0.5) is 0 Å². The summed E-state index contributed by atoms with van der Waals surface area (Å²) in [6, 6.07) is 24.2. The standard InChI is InChI=1S/C20H18N2O2S/c1-16-11-13-19(14-12-16)25(23,24)22-21-15-18-9-5-6-10-20(18)17-7-3-2-4-8-17/h2-15,22H,1H3/b21-15-. The number of hydrazone groups is 1. The molecule has 3 rings (SSSR count). The molecule has 0 saturated heterocycles. The molecule has 0 heterocycles. The minimum absolute atomic E-state index is 0.187. The zero-order valence-electron chi connectivity index (χ0n) is 13.8. The van der Waals surface area contributed by atoms with Crippen LogP contribution in [0.5, 0.6) is 0 Å². The molecule has 0 aliphatic heterocycles. The topological polar surface area (TPSA) is 58.5 Å². The fraction of sp³-hybridized carbons (Fsp3) is 0.0500. The van der Waals surface area contributed by atoms with Crippen LogP contribution in [0.1, 0.15) is 11.1 Å². The lowest BCUT2D eigenvalue weighted by atomic mass is 10.0. The molecule has 0 radical (unpaired) electrons. The lowest BCUT2D eigenvalue weighted by Gasteiger charge is -2.06. The lowest BCUT2D eigenvalue weighted by molar-refractivity contribution is 0.584. The molecule has 0 atom stereocenters. The molecule has 3 aromatic carbocycles. The average Bonchev–Trinajstić information content (AvgIpc) is 2.63. The fourth-order valence-corrected chi connectivity index (χ4v) is 3.22. The van der Waals surface area contributed by atoms with Crippen molar-refractivity contribution in [3.05, 3.63) is 90.0 Å². The number of sulfonamides is 1. The van der Waals surface area contributed by atoms with Crippen LogP contribution in [0, 0.1) is 6.92 Å². The van der Waals surface area contributed by atoms with Crippen molar-refractivity contribution in [3.63, 3.8) is 0 Å². The first-order valence-electron chi connectivity index (χ1n) is 7.82. The van der Waals surface area contributed by atoms with Gasteiger partial charge in [0.25, 0.3) is 10.0 Å². The van der Waals surface area contributed by atoms with Crippen molar-refractivity contribution in [3.8, 4) is 11.1 Å². The van der Waals surface area contributed by atoms with E-state index >= 15 is 0 Å². The van der Waals surface area contributed by atoms with E-state index in [1.165, 1.54) is 6.21 Å². The smallest absolute Gasteiger partial charge is 0.200 e. The van der Waals surface area contributed by atoms with E-state index in [1.54, 1.807) is 24.3 Å². The van der Waals surface area contributed by atoms with E-state index in [4.69, 9.17) is 0 Å². The van der Waals surface area contributed by atoms with Crippen molar-refractivity contribution in [2.75, 3.05) is 0 Å². The lowest BCUT2D eigenvalue weighted by Crippen LogP contribution is -2.18. The zero-order valence-corrected chi connectivity index (χ0v) is 14.6. The van der Waals surface area contributed by atoms with Crippen molar-refractivity contribution in [2.45, 2.75) is 11.8 Å². The number of aryl methyl sites for hydroxylation is 1. The second-order valence-electron chi connectivity index (χ2n) is 5.62. The van der Waals surface area contributed by atoms with Gasteiger partial charge in [-0.3, -0.25) is 0 Å². The van der Waals surface area contributed by atoms with Gasteiger partial charge in [-0.1, -0.05) is 72.3 Å². The highest BCUT2D eigenvalue weighted by molar-refractivity contribution is 7.89. The summed E-state index contributed by atoms with van der Waals surface area (Å²) >= 11 is 0. The van der Waals surface area contributed by atoms with Crippen molar-refractivity contribution < 1.29 is 8.42 Å². The van der Waals surface area contributed by atoms with Gasteiger partial charge >= 0.3 is 0 Å². The number of hydrogen-bond acceptors (Lipinski definition) is 3. The number of rotatable bonds is 5. The van der Waals surface area contributed by atoms with Gasteiger partial charge < -0.3 is 0 Å². The van der Waals surface area contributed by atoms with Gasteiger partial charge in [-0.2, -0.15) is 13.5 Å². The molecule has 0 saturated carbocycles. The third kappa shape index (κ3) is 4.14. The van der Waals surface area contributed by atoms with E-state index in [-0.39, 0.29) is 4.90 Å². The molecule has 25 heavy (non-hydrogen) atoms. The van der Waals surface area contributed by atoms with Crippen LogP contribution in [0.3, 0.4) is 0 Å². The summed E-state index contributed by atoms with van der Waals surface area (Å²) in [5.41, 5.74) is 3.87. The highest BCUT2D eigenvalue weighted by Gasteiger charge is 2.12. The van der Waals surface area contributed by atoms with Crippen LogP contribution in [0.25, 0.3) is 11.1 Å². The maximum Gasteiger partial charge on any atom is 0.276 e. The highest BCUT2D eigenvalue weighted by Crippen LogP contribution is 2.22. The van der Waals surface area contributed by atoms with Gasteiger partial charge in [0.2, 0.25) is 0 Å². The number of nitrogens with zero attached hydrogens (tertiary/aromatic N) is 1. The van der Waals surface area contributed by atoms with Crippen LogP contribution < -0.4 is 4.83 Å². The third-order valence-corrected chi connectivity index (χ3v) is 4.99.